The van der Waals surface area contributed by atoms with Crippen LogP contribution in [0.2, 0.25) is 0 Å². The van der Waals surface area contributed by atoms with Gasteiger partial charge < -0.3 is 11.1 Å². The van der Waals surface area contributed by atoms with Gasteiger partial charge in [-0.2, -0.15) is 0 Å². The Bertz CT molecular complexity index is 91.1. The van der Waals surface area contributed by atoms with E-state index in [1.54, 1.807) is 0 Å². The first kappa shape index (κ1) is 18.9. The lowest BCUT2D eigenvalue weighted by molar-refractivity contribution is 0.250. The van der Waals surface area contributed by atoms with Crippen LogP contribution in [0.25, 0.3) is 0 Å². The van der Waals surface area contributed by atoms with Gasteiger partial charge in [-0.15, -0.1) is 12.4 Å². The third-order valence-corrected chi connectivity index (χ3v) is 2.49. The molecule has 0 radical (unpaired) electrons. The van der Waals surface area contributed by atoms with Crippen LogP contribution in [0, 0.1) is 11.8 Å². The Kier molecular flexibility index (Phi) is 12.8. The van der Waals surface area contributed by atoms with Crippen LogP contribution in [0.15, 0.2) is 0 Å². The molecule has 0 fully saturated rings. The topological polar surface area (TPSA) is 38.0 Å². The summed E-state index contributed by atoms with van der Waals surface area (Å²) in [5.41, 5.74) is 6.00. The van der Waals surface area contributed by atoms with Gasteiger partial charge in [-0.05, 0) is 32.9 Å². The van der Waals surface area contributed by atoms with Crippen molar-refractivity contribution in [3.05, 3.63) is 0 Å². The molecule has 3 N–H and O–H groups in total. The molecule has 84 valence electrons. The molecule has 0 unspecified atom stereocenters. The summed E-state index contributed by atoms with van der Waals surface area (Å²) in [6.07, 6.45) is 0. The van der Waals surface area contributed by atoms with E-state index < -0.39 is 0 Å². The Labute approximate surface area is 90.1 Å². The van der Waals surface area contributed by atoms with E-state index in [-0.39, 0.29) is 17.9 Å². The van der Waals surface area contributed by atoms with Crippen LogP contribution in [0.4, 0.5) is 0 Å². The van der Waals surface area contributed by atoms with Crippen molar-refractivity contribution in [2.45, 2.75) is 40.2 Å². The highest BCUT2D eigenvalue weighted by atomic mass is 35.5. The fourth-order valence-corrected chi connectivity index (χ4v) is 0.667. The van der Waals surface area contributed by atoms with E-state index in [1.807, 2.05) is 14.1 Å². The van der Waals surface area contributed by atoms with Crippen molar-refractivity contribution in [2.75, 3.05) is 14.1 Å². The van der Waals surface area contributed by atoms with Gasteiger partial charge in [0.25, 0.3) is 0 Å². The fraction of sp³-hybridized carbons (Fsp3) is 1.00. The monoisotopic (exact) mass is 210 g/mol. The SMILES string of the molecule is CC(C)C(C)(N)C(C)C.CNC.Cl. The van der Waals surface area contributed by atoms with Crippen molar-refractivity contribution in [3.8, 4) is 0 Å². The summed E-state index contributed by atoms with van der Waals surface area (Å²) < 4.78 is 0. The van der Waals surface area contributed by atoms with E-state index >= 15 is 0 Å². The highest BCUT2D eigenvalue weighted by molar-refractivity contribution is 5.85. The largest absolute Gasteiger partial charge is 0.325 e. The molecule has 3 heteroatoms. The summed E-state index contributed by atoms with van der Waals surface area (Å²) in [6.45, 7) is 10.8. The Morgan fingerprint density at radius 1 is 1.00 bits per heavy atom. The zero-order chi connectivity index (χ0) is 10.4. The minimum atomic E-state index is 0. The van der Waals surface area contributed by atoms with Crippen molar-refractivity contribution >= 4 is 12.4 Å². The van der Waals surface area contributed by atoms with Crippen LogP contribution >= 0.6 is 12.4 Å². The first-order valence-corrected chi connectivity index (χ1v) is 4.68. The molecule has 0 aromatic carbocycles. The molecule has 0 spiro atoms. The first-order chi connectivity index (χ1) is 5.30. The maximum atomic E-state index is 6.00. The van der Waals surface area contributed by atoms with Gasteiger partial charge in [0.15, 0.2) is 0 Å². The molecule has 0 saturated heterocycles. The minimum absolute atomic E-state index is 0. The van der Waals surface area contributed by atoms with Crippen LogP contribution in [-0.4, -0.2) is 19.6 Å². The lowest BCUT2D eigenvalue weighted by Crippen LogP contribution is -2.46. The molecule has 0 atom stereocenters. The molecule has 0 aromatic heterocycles. The number of nitrogens with one attached hydrogen (secondary N) is 1. The van der Waals surface area contributed by atoms with Gasteiger partial charge >= 0.3 is 0 Å². The Morgan fingerprint density at radius 3 is 1.15 bits per heavy atom. The second kappa shape index (κ2) is 8.79. The van der Waals surface area contributed by atoms with Gasteiger partial charge in [0.05, 0.1) is 0 Å². The molecule has 0 saturated carbocycles. The van der Waals surface area contributed by atoms with Gasteiger partial charge in [0, 0.05) is 5.54 Å². The predicted octanol–water partition coefficient (Wildman–Crippen LogP) is 2.27. The van der Waals surface area contributed by atoms with Crippen molar-refractivity contribution < 1.29 is 0 Å². The van der Waals surface area contributed by atoms with Gasteiger partial charge in [-0.1, -0.05) is 27.7 Å². The van der Waals surface area contributed by atoms with E-state index in [9.17, 15) is 0 Å². The average molecular weight is 211 g/mol. The second-order valence-corrected chi connectivity index (χ2v) is 4.18. The van der Waals surface area contributed by atoms with Gasteiger partial charge in [-0.25, -0.2) is 0 Å². The van der Waals surface area contributed by atoms with Crippen LogP contribution in [0.1, 0.15) is 34.6 Å². The van der Waals surface area contributed by atoms with E-state index in [1.165, 1.54) is 0 Å². The lowest BCUT2D eigenvalue weighted by atomic mass is 9.80. The lowest BCUT2D eigenvalue weighted by Gasteiger charge is -2.33. The zero-order valence-corrected chi connectivity index (χ0v) is 11.0. The van der Waals surface area contributed by atoms with Crippen molar-refractivity contribution in [1.29, 1.82) is 0 Å². The van der Waals surface area contributed by atoms with E-state index in [0.29, 0.717) is 11.8 Å². The number of hydrogen-bond donors (Lipinski definition) is 2. The van der Waals surface area contributed by atoms with Crippen LogP contribution in [-0.2, 0) is 0 Å². The summed E-state index contributed by atoms with van der Waals surface area (Å²) in [5.74, 6) is 1.13. The molecule has 0 bridgehead atoms. The predicted molar refractivity (Wildman–Crippen MR) is 64.5 cm³/mol. The molecule has 0 aliphatic rings. The summed E-state index contributed by atoms with van der Waals surface area (Å²) >= 11 is 0. The molecule has 2 nitrogen and oxygen atoms in total. The molecule has 0 aliphatic carbocycles. The van der Waals surface area contributed by atoms with Gasteiger partial charge in [0.2, 0.25) is 0 Å². The van der Waals surface area contributed by atoms with Crippen LogP contribution in [0.3, 0.4) is 0 Å². The molecule has 0 aromatic rings. The smallest absolute Gasteiger partial charge is 0.0172 e. The number of hydrogen-bond acceptors (Lipinski definition) is 2. The zero-order valence-electron chi connectivity index (χ0n) is 10.1. The summed E-state index contributed by atoms with van der Waals surface area (Å²) in [5, 5.41) is 2.75. The van der Waals surface area contributed by atoms with Gasteiger partial charge in [-0.3, -0.25) is 0 Å². The quantitative estimate of drug-likeness (QED) is 0.734. The van der Waals surface area contributed by atoms with E-state index in [0.717, 1.165) is 0 Å². The molecule has 13 heavy (non-hydrogen) atoms. The van der Waals surface area contributed by atoms with Crippen LogP contribution in [0.5, 0.6) is 0 Å². The van der Waals surface area contributed by atoms with E-state index in [2.05, 4.69) is 39.9 Å². The fourth-order valence-electron chi connectivity index (χ4n) is 0.667. The van der Waals surface area contributed by atoms with Crippen molar-refractivity contribution in [1.82, 2.24) is 5.32 Å². The second-order valence-electron chi connectivity index (χ2n) is 4.18. The highest BCUT2D eigenvalue weighted by Gasteiger charge is 2.26. The third-order valence-electron chi connectivity index (χ3n) is 2.49. The van der Waals surface area contributed by atoms with Crippen molar-refractivity contribution in [2.24, 2.45) is 17.6 Å². The number of nitrogens with two attached hydrogens (primary N) is 1. The summed E-state index contributed by atoms with van der Waals surface area (Å²) in [6, 6.07) is 0. The Hall–Kier alpha value is 0.210. The minimum Gasteiger partial charge on any atom is -0.325 e. The van der Waals surface area contributed by atoms with Crippen molar-refractivity contribution in [3.63, 3.8) is 0 Å². The Morgan fingerprint density at radius 2 is 1.15 bits per heavy atom. The summed E-state index contributed by atoms with van der Waals surface area (Å²) in [4.78, 5) is 0. The highest BCUT2D eigenvalue weighted by Crippen LogP contribution is 2.21. The number of rotatable bonds is 2. The average Bonchev–Trinajstić information content (AvgIpc) is 1.88. The molecular formula is C10H27ClN2. The maximum Gasteiger partial charge on any atom is 0.0172 e. The third kappa shape index (κ3) is 8.54. The maximum absolute atomic E-state index is 6.00. The molecule has 0 amide bonds. The van der Waals surface area contributed by atoms with Crippen LogP contribution < -0.4 is 11.1 Å². The van der Waals surface area contributed by atoms with Gasteiger partial charge in [0.1, 0.15) is 0 Å². The Balaban J connectivity index is -0.000000220. The van der Waals surface area contributed by atoms with E-state index in [4.69, 9.17) is 5.73 Å². The number of halogens is 1. The molecular weight excluding hydrogens is 184 g/mol. The molecule has 0 rings (SSSR count). The molecule has 0 heterocycles. The summed E-state index contributed by atoms with van der Waals surface area (Å²) in [7, 11) is 3.75. The standard InChI is InChI=1S/C8H19N.C2H7N.ClH/c1-6(2)8(5,9)7(3)4;1-3-2;/h6-7H,9H2,1-5H3;3H,1-2H3;1H. The molecule has 0 aliphatic heterocycles. The first-order valence-electron chi connectivity index (χ1n) is 4.68. The normalized spacial score (nSPS) is 10.6.